The van der Waals surface area contributed by atoms with Crippen molar-refractivity contribution >= 4 is 0 Å². The normalized spacial score (nSPS) is 13.3. The highest BCUT2D eigenvalue weighted by Crippen LogP contribution is 2.18. The van der Waals surface area contributed by atoms with Gasteiger partial charge in [0.1, 0.15) is 0 Å². The maximum absolute atomic E-state index is 5.47. The van der Waals surface area contributed by atoms with Gasteiger partial charge in [-0.3, -0.25) is 5.10 Å². The SMILES string of the molecule is COC(C)(C)CC(C)NCc1ccc(-c2ccn[nH]2)cc1. The zero-order chi connectivity index (χ0) is 15.3. The second kappa shape index (κ2) is 6.87. The van der Waals surface area contributed by atoms with Crippen molar-refractivity contribution in [3.63, 3.8) is 0 Å². The van der Waals surface area contributed by atoms with Crippen molar-refractivity contribution in [1.29, 1.82) is 0 Å². The van der Waals surface area contributed by atoms with Gasteiger partial charge in [-0.1, -0.05) is 24.3 Å². The minimum absolute atomic E-state index is 0.0864. The van der Waals surface area contributed by atoms with Gasteiger partial charge in [-0.15, -0.1) is 0 Å². The van der Waals surface area contributed by atoms with E-state index in [1.54, 1.807) is 13.3 Å². The minimum atomic E-state index is -0.0864. The lowest BCUT2D eigenvalue weighted by Crippen LogP contribution is -2.35. The van der Waals surface area contributed by atoms with Gasteiger partial charge in [0.05, 0.1) is 11.3 Å². The van der Waals surface area contributed by atoms with E-state index in [9.17, 15) is 0 Å². The highest BCUT2D eigenvalue weighted by Gasteiger charge is 2.19. The van der Waals surface area contributed by atoms with E-state index in [1.807, 2.05) is 6.07 Å². The third kappa shape index (κ3) is 4.69. The summed E-state index contributed by atoms with van der Waals surface area (Å²) in [5, 5.41) is 10.5. The Kier molecular flexibility index (Phi) is 5.15. The third-order valence-electron chi connectivity index (χ3n) is 3.77. The van der Waals surface area contributed by atoms with Crippen LogP contribution in [-0.2, 0) is 11.3 Å². The Morgan fingerprint density at radius 1 is 1.24 bits per heavy atom. The van der Waals surface area contributed by atoms with Crippen molar-refractivity contribution in [2.24, 2.45) is 0 Å². The summed E-state index contributed by atoms with van der Waals surface area (Å²) < 4.78 is 5.47. The fourth-order valence-electron chi connectivity index (χ4n) is 2.40. The van der Waals surface area contributed by atoms with Crippen LogP contribution in [0.2, 0.25) is 0 Å². The molecule has 1 aromatic heterocycles. The number of aromatic nitrogens is 2. The Bertz CT molecular complexity index is 532. The van der Waals surface area contributed by atoms with E-state index < -0.39 is 0 Å². The molecule has 0 saturated heterocycles. The first kappa shape index (κ1) is 15.7. The summed E-state index contributed by atoms with van der Waals surface area (Å²) in [4.78, 5) is 0. The van der Waals surface area contributed by atoms with E-state index in [0.29, 0.717) is 6.04 Å². The lowest BCUT2D eigenvalue weighted by molar-refractivity contribution is 0.00844. The van der Waals surface area contributed by atoms with Crippen LogP contribution in [0, 0.1) is 0 Å². The number of hydrogen-bond acceptors (Lipinski definition) is 3. The van der Waals surface area contributed by atoms with Crippen LogP contribution in [0.5, 0.6) is 0 Å². The molecule has 4 heteroatoms. The van der Waals surface area contributed by atoms with Gasteiger partial charge in [-0.05, 0) is 44.4 Å². The van der Waals surface area contributed by atoms with Gasteiger partial charge in [-0.2, -0.15) is 5.10 Å². The predicted octanol–water partition coefficient (Wildman–Crippen LogP) is 3.37. The molecule has 0 spiro atoms. The summed E-state index contributed by atoms with van der Waals surface area (Å²) in [5.41, 5.74) is 3.39. The molecular formula is C17H25N3O. The van der Waals surface area contributed by atoms with Crippen LogP contribution in [0.25, 0.3) is 11.3 Å². The molecule has 4 nitrogen and oxygen atoms in total. The number of methoxy groups -OCH3 is 1. The number of rotatable bonds is 7. The van der Waals surface area contributed by atoms with Gasteiger partial charge in [0.2, 0.25) is 0 Å². The Hall–Kier alpha value is -1.65. The van der Waals surface area contributed by atoms with E-state index in [-0.39, 0.29) is 5.60 Å². The van der Waals surface area contributed by atoms with Gasteiger partial charge < -0.3 is 10.1 Å². The predicted molar refractivity (Wildman–Crippen MR) is 86.0 cm³/mol. The summed E-state index contributed by atoms with van der Waals surface area (Å²) in [5.74, 6) is 0. The number of H-pyrrole nitrogens is 1. The van der Waals surface area contributed by atoms with E-state index >= 15 is 0 Å². The van der Waals surface area contributed by atoms with Crippen LogP contribution in [-0.4, -0.2) is 29.0 Å². The first-order valence-electron chi connectivity index (χ1n) is 7.37. The lowest BCUT2D eigenvalue weighted by atomic mass is 9.99. The quantitative estimate of drug-likeness (QED) is 0.821. The van der Waals surface area contributed by atoms with Crippen LogP contribution in [0.3, 0.4) is 0 Å². The van der Waals surface area contributed by atoms with Crippen LogP contribution in [0.4, 0.5) is 0 Å². The fraction of sp³-hybridized carbons (Fsp3) is 0.471. The molecule has 0 aliphatic heterocycles. The van der Waals surface area contributed by atoms with E-state index in [4.69, 9.17) is 4.74 Å². The average molecular weight is 287 g/mol. The Balaban J connectivity index is 1.86. The third-order valence-corrected chi connectivity index (χ3v) is 3.77. The lowest BCUT2D eigenvalue weighted by Gasteiger charge is -2.27. The Morgan fingerprint density at radius 3 is 2.52 bits per heavy atom. The molecule has 0 amide bonds. The highest BCUT2D eigenvalue weighted by molar-refractivity contribution is 5.58. The molecule has 114 valence electrons. The van der Waals surface area contributed by atoms with Gasteiger partial charge in [0.25, 0.3) is 0 Å². The van der Waals surface area contributed by atoms with Crippen molar-refractivity contribution in [2.45, 2.75) is 45.4 Å². The maximum Gasteiger partial charge on any atom is 0.0650 e. The van der Waals surface area contributed by atoms with Crippen LogP contribution in [0.1, 0.15) is 32.8 Å². The standard InChI is InChI=1S/C17H25N3O/c1-13(11-17(2,3)21-4)18-12-14-5-7-15(8-6-14)16-9-10-19-20-16/h5-10,13,18H,11-12H2,1-4H3,(H,19,20). The maximum atomic E-state index is 5.47. The summed E-state index contributed by atoms with van der Waals surface area (Å²) in [6, 6.07) is 10.9. The zero-order valence-corrected chi connectivity index (χ0v) is 13.3. The summed E-state index contributed by atoms with van der Waals surface area (Å²) in [7, 11) is 1.76. The van der Waals surface area contributed by atoms with Crippen molar-refractivity contribution < 1.29 is 4.74 Å². The van der Waals surface area contributed by atoms with Crippen molar-refractivity contribution in [3.05, 3.63) is 42.1 Å². The molecule has 2 aromatic rings. The van der Waals surface area contributed by atoms with E-state index in [0.717, 1.165) is 24.2 Å². The van der Waals surface area contributed by atoms with Gasteiger partial charge in [0, 0.05) is 25.9 Å². The van der Waals surface area contributed by atoms with Crippen molar-refractivity contribution in [2.75, 3.05) is 7.11 Å². The second-order valence-corrected chi connectivity index (χ2v) is 6.12. The first-order valence-corrected chi connectivity index (χ1v) is 7.37. The molecule has 21 heavy (non-hydrogen) atoms. The molecule has 2 rings (SSSR count). The topological polar surface area (TPSA) is 49.9 Å². The smallest absolute Gasteiger partial charge is 0.0650 e. The number of nitrogens with zero attached hydrogens (tertiary/aromatic N) is 1. The number of nitrogens with one attached hydrogen (secondary N) is 2. The summed E-state index contributed by atoms with van der Waals surface area (Å²) in [6.45, 7) is 7.29. The van der Waals surface area contributed by atoms with Crippen LogP contribution < -0.4 is 5.32 Å². The summed E-state index contributed by atoms with van der Waals surface area (Å²) >= 11 is 0. The van der Waals surface area contributed by atoms with Gasteiger partial charge >= 0.3 is 0 Å². The van der Waals surface area contributed by atoms with Crippen LogP contribution >= 0.6 is 0 Å². The molecule has 0 aliphatic rings. The van der Waals surface area contributed by atoms with E-state index in [2.05, 4.69) is 60.6 Å². The summed E-state index contributed by atoms with van der Waals surface area (Å²) in [6.07, 6.45) is 2.75. The fourth-order valence-corrected chi connectivity index (χ4v) is 2.40. The van der Waals surface area contributed by atoms with Crippen molar-refractivity contribution in [1.82, 2.24) is 15.5 Å². The number of benzene rings is 1. The minimum Gasteiger partial charge on any atom is -0.379 e. The highest BCUT2D eigenvalue weighted by atomic mass is 16.5. The number of hydrogen-bond donors (Lipinski definition) is 2. The molecule has 0 bridgehead atoms. The molecule has 1 atom stereocenters. The monoisotopic (exact) mass is 287 g/mol. The van der Waals surface area contributed by atoms with Crippen LogP contribution in [0.15, 0.2) is 36.5 Å². The van der Waals surface area contributed by atoms with E-state index in [1.165, 1.54) is 5.56 Å². The molecule has 0 aliphatic carbocycles. The van der Waals surface area contributed by atoms with Crippen molar-refractivity contribution in [3.8, 4) is 11.3 Å². The zero-order valence-electron chi connectivity index (χ0n) is 13.3. The number of ether oxygens (including phenoxy) is 1. The molecule has 2 N–H and O–H groups in total. The molecule has 1 unspecified atom stereocenters. The second-order valence-electron chi connectivity index (χ2n) is 6.12. The molecule has 0 fully saturated rings. The van der Waals surface area contributed by atoms with Gasteiger partial charge in [-0.25, -0.2) is 0 Å². The number of aromatic amines is 1. The Morgan fingerprint density at radius 2 is 1.95 bits per heavy atom. The largest absolute Gasteiger partial charge is 0.379 e. The molecule has 1 aromatic carbocycles. The molecular weight excluding hydrogens is 262 g/mol. The Labute approximate surface area is 126 Å². The molecule has 0 radical (unpaired) electrons. The average Bonchev–Trinajstić information content (AvgIpc) is 2.99. The first-order chi connectivity index (χ1) is 10.00. The molecule has 0 saturated carbocycles. The molecule has 1 heterocycles. The van der Waals surface area contributed by atoms with Gasteiger partial charge in [0.15, 0.2) is 0 Å².